The minimum atomic E-state index is -0.385. The van der Waals surface area contributed by atoms with Crippen LogP contribution in [0.4, 0.5) is 0 Å². The summed E-state index contributed by atoms with van der Waals surface area (Å²) in [5.74, 6) is 0.392. The molecule has 2 N–H and O–H groups in total. The zero-order valence-electron chi connectivity index (χ0n) is 16.3. The molecule has 0 atom stereocenters. The van der Waals surface area contributed by atoms with Crippen LogP contribution in [0.5, 0.6) is 0 Å². The molecule has 150 valence electrons. The molecule has 0 radical (unpaired) electrons. The summed E-state index contributed by atoms with van der Waals surface area (Å²) in [6.45, 7) is 2.49. The van der Waals surface area contributed by atoms with Crippen LogP contribution in [-0.4, -0.2) is 39.9 Å². The predicted molar refractivity (Wildman–Crippen MR) is 112 cm³/mol. The highest BCUT2D eigenvalue weighted by atomic mass is 32.2. The number of ether oxygens (including phenoxy) is 1. The Labute approximate surface area is 173 Å². The summed E-state index contributed by atoms with van der Waals surface area (Å²) in [6, 6.07) is 15.0. The molecule has 8 heteroatoms. The first-order chi connectivity index (χ1) is 14.1. The number of carbonyl (C=O) groups is 2. The number of hydrogen-bond donors (Lipinski definition) is 2. The van der Waals surface area contributed by atoms with Gasteiger partial charge in [-0.25, -0.2) is 9.78 Å². The highest BCUT2D eigenvalue weighted by Crippen LogP contribution is 2.19. The number of amides is 1. The molecule has 0 unspecified atom stereocenters. The molecule has 0 spiro atoms. The Morgan fingerprint density at radius 2 is 1.76 bits per heavy atom. The quantitative estimate of drug-likeness (QED) is 0.437. The molecule has 1 heterocycles. The van der Waals surface area contributed by atoms with E-state index in [4.69, 9.17) is 0 Å². The van der Waals surface area contributed by atoms with Gasteiger partial charge in [0.2, 0.25) is 11.1 Å². The van der Waals surface area contributed by atoms with Gasteiger partial charge in [0.05, 0.1) is 18.4 Å². The van der Waals surface area contributed by atoms with Gasteiger partial charge in [0.1, 0.15) is 0 Å². The molecule has 0 saturated carbocycles. The summed E-state index contributed by atoms with van der Waals surface area (Å²) in [5, 5.41) is 10.4. The van der Waals surface area contributed by atoms with Gasteiger partial charge in [-0.15, -0.1) is 5.10 Å². The molecule has 1 aromatic heterocycles. The molecule has 0 fully saturated rings. The van der Waals surface area contributed by atoms with Gasteiger partial charge in [0.25, 0.3) is 0 Å². The summed E-state index contributed by atoms with van der Waals surface area (Å²) in [5.41, 5.74) is 3.59. The van der Waals surface area contributed by atoms with Crippen LogP contribution in [0, 0.1) is 0 Å². The molecule has 1 amide bonds. The summed E-state index contributed by atoms with van der Waals surface area (Å²) in [4.78, 5) is 27.9. The van der Waals surface area contributed by atoms with Gasteiger partial charge in [0, 0.05) is 12.1 Å². The number of aromatic amines is 1. The van der Waals surface area contributed by atoms with Crippen LogP contribution in [0.1, 0.15) is 28.4 Å². The maximum Gasteiger partial charge on any atom is 0.337 e. The summed E-state index contributed by atoms with van der Waals surface area (Å²) < 4.78 is 4.66. The number of aryl methyl sites for hydroxylation is 1. The van der Waals surface area contributed by atoms with E-state index in [-0.39, 0.29) is 17.6 Å². The molecular weight excluding hydrogens is 388 g/mol. The number of nitrogens with one attached hydrogen (secondary N) is 2. The minimum Gasteiger partial charge on any atom is -0.465 e. The van der Waals surface area contributed by atoms with Gasteiger partial charge < -0.3 is 10.1 Å². The van der Waals surface area contributed by atoms with Crippen molar-refractivity contribution >= 4 is 23.6 Å². The van der Waals surface area contributed by atoms with Crippen molar-refractivity contribution in [2.75, 3.05) is 12.9 Å². The number of benzene rings is 2. The lowest BCUT2D eigenvalue weighted by Gasteiger charge is -2.05. The van der Waals surface area contributed by atoms with Crippen LogP contribution >= 0.6 is 11.8 Å². The standard InChI is InChI=1S/C21H22N4O3S/c1-3-14-4-8-16(9-5-14)19-23-21(25-24-19)29-13-18(26)22-12-15-6-10-17(11-7-15)20(27)28-2/h4-11H,3,12-13H2,1-2H3,(H,22,26)(H,23,24,25). The predicted octanol–water partition coefficient (Wildman–Crippen LogP) is 3.23. The monoisotopic (exact) mass is 410 g/mol. The molecule has 0 aliphatic heterocycles. The molecule has 3 aromatic rings. The highest BCUT2D eigenvalue weighted by Gasteiger charge is 2.10. The zero-order valence-corrected chi connectivity index (χ0v) is 17.1. The van der Waals surface area contributed by atoms with E-state index in [2.05, 4.69) is 44.3 Å². The Balaban J connectivity index is 1.47. The SMILES string of the molecule is CCc1ccc(-c2nc(SCC(=O)NCc3ccc(C(=O)OC)cc3)n[nH]2)cc1. The van der Waals surface area contributed by atoms with E-state index in [0.717, 1.165) is 17.5 Å². The second kappa shape index (κ2) is 9.88. The van der Waals surface area contributed by atoms with E-state index >= 15 is 0 Å². The van der Waals surface area contributed by atoms with E-state index in [0.29, 0.717) is 23.1 Å². The van der Waals surface area contributed by atoms with Crippen molar-refractivity contribution in [1.82, 2.24) is 20.5 Å². The second-order valence-electron chi connectivity index (χ2n) is 6.27. The van der Waals surface area contributed by atoms with Crippen LogP contribution in [0.3, 0.4) is 0 Å². The molecule has 0 aliphatic carbocycles. The van der Waals surface area contributed by atoms with E-state index in [1.807, 2.05) is 12.1 Å². The van der Waals surface area contributed by atoms with E-state index in [9.17, 15) is 9.59 Å². The highest BCUT2D eigenvalue weighted by molar-refractivity contribution is 7.99. The fourth-order valence-corrected chi connectivity index (χ4v) is 3.22. The van der Waals surface area contributed by atoms with Gasteiger partial charge in [-0.3, -0.25) is 9.89 Å². The molecule has 29 heavy (non-hydrogen) atoms. The Morgan fingerprint density at radius 1 is 1.07 bits per heavy atom. The number of esters is 1. The van der Waals surface area contributed by atoms with E-state index < -0.39 is 0 Å². The van der Waals surface area contributed by atoms with Crippen molar-refractivity contribution in [3.8, 4) is 11.4 Å². The maximum absolute atomic E-state index is 12.1. The summed E-state index contributed by atoms with van der Waals surface area (Å²) in [6.07, 6.45) is 0.988. The fraction of sp³-hybridized carbons (Fsp3) is 0.238. The number of methoxy groups -OCH3 is 1. The lowest BCUT2D eigenvalue weighted by atomic mass is 10.1. The maximum atomic E-state index is 12.1. The second-order valence-corrected chi connectivity index (χ2v) is 7.21. The Hall–Kier alpha value is -3.13. The van der Waals surface area contributed by atoms with Gasteiger partial charge in [-0.1, -0.05) is 55.1 Å². The summed E-state index contributed by atoms with van der Waals surface area (Å²) >= 11 is 1.27. The normalized spacial score (nSPS) is 10.6. The fourth-order valence-electron chi connectivity index (χ4n) is 2.60. The number of H-pyrrole nitrogens is 1. The van der Waals surface area contributed by atoms with Gasteiger partial charge in [0.15, 0.2) is 5.82 Å². The first-order valence-electron chi connectivity index (χ1n) is 9.17. The molecular formula is C21H22N4O3S. The first-order valence-corrected chi connectivity index (χ1v) is 10.2. The third kappa shape index (κ3) is 5.68. The smallest absolute Gasteiger partial charge is 0.337 e. The topological polar surface area (TPSA) is 97.0 Å². The van der Waals surface area contributed by atoms with E-state index in [1.54, 1.807) is 24.3 Å². The lowest BCUT2D eigenvalue weighted by Crippen LogP contribution is -2.24. The van der Waals surface area contributed by atoms with Crippen molar-refractivity contribution < 1.29 is 14.3 Å². The number of aromatic nitrogens is 3. The minimum absolute atomic E-state index is 0.120. The van der Waals surface area contributed by atoms with Crippen LogP contribution in [-0.2, 0) is 22.5 Å². The average molecular weight is 410 g/mol. The molecule has 0 aliphatic rings. The number of thioether (sulfide) groups is 1. The molecule has 7 nitrogen and oxygen atoms in total. The van der Waals surface area contributed by atoms with Crippen molar-refractivity contribution in [2.24, 2.45) is 0 Å². The number of hydrogen-bond acceptors (Lipinski definition) is 6. The Morgan fingerprint density at radius 3 is 2.41 bits per heavy atom. The molecule has 2 aromatic carbocycles. The lowest BCUT2D eigenvalue weighted by molar-refractivity contribution is -0.118. The number of rotatable bonds is 8. The molecule has 0 saturated heterocycles. The van der Waals surface area contributed by atoms with Crippen molar-refractivity contribution in [1.29, 1.82) is 0 Å². The van der Waals surface area contributed by atoms with Crippen molar-refractivity contribution in [2.45, 2.75) is 25.0 Å². The molecule has 0 bridgehead atoms. The number of nitrogens with zero attached hydrogens (tertiary/aromatic N) is 2. The van der Waals surface area contributed by atoms with Gasteiger partial charge in [-0.2, -0.15) is 0 Å². The van der Waals surface area contributed by atoms with E-state index in [1.165, 1.54) is 24.4 Å². The van der Waals surface area contributed by atoms with Crippen LogP contribution in [0.25, 0.3) is 11.4 Å². The third-order valence-corrected chi connectivity index (χ3v) is 5.14. The van der Waals surface area contributed by atoms with Crippen molar-refractivity contribution in [3.63, 3.8) is 0 Å². The number of carbonyl (C=O) groups excluding carboxylic acids is 2. The van der Waals surface area contributed by atoms with Gasteiger partial charge in [-0.05, 0) is 29.7 Å². The van der Waals surface area contributed by atoms with Crippen LogP contribution in [0.2, 0.25) is 0 Å². The zero-order chi connectivity index (χ0) is 20.6. The van der Waals surface area contributed by atoms with Crippen molar-refractivity contribution in [3.05, 3.63) is 65.2 Å². The third-order valence-electron chi connectivity index (χ3n) is 4.30. The first kappa shape index (κ1) is 20.6. The molecule has 3 rings (SSSR count). The average Bonchev–Trinajstić information content (AvgIpc) is 3.25. The summed E-state index contributed by atoms with van der Waals surface area (Å²) in [7, 11) is 1.34. The van der Waals surface area contributed by atoms with Crippen LogP contribution in [0.15, 0.2) is 53.7 Å². The van der Waals surface area contributed by atoms with Gasteiger partial charge >= 0.3 is 5.97 Å². The largest absolute Gasteiger partial charge is 0.465 e. The Bertz CT molecular complexity index is 968. The Kier molecular flexibility index (Phi) is 7.02. The van der Waals surface area contributed by atoms with Crippen LogP contribution < -0.4 is 5.32 Å².